The quantitative estimate of drug-likeness (QED) is 0.270. The highest BCUT2D eigenvalue weighted by molar-refractivity contribution is 6.41. The summed E-state index contributed by atoms with van der Waals surface area (Å²) in [6, 6.07) is 19.1. The van der Waals surface area contributed by atoms with Gasteiger partial charge < -0.3 is 15.4 Å². The van der Waals surface area contributed by atoms with E-state index in [1.807, 2.05) is 32.0 Å². The summed E-state index contributed by atoms with van der Waals surface area (Å²) in [5.74, 6) is -1.69. The van der Waals surface area contributed by atoms with Gasteiger partial charge in [-0.3, -0.25) is 14.4 Å². The molecular formula is C25H23ClN4O4. The molecule has 3 N–H and O–H groups in total. The lowest BCUT2D eigenvalue weighted by Crippen LogP contribution is -2.32. The van der Waals surface area contributed by atoms with E-state index in [-0.39, 0.29) is 12.5 Å². The molecule has 0 aliphatic heterocycles. The third-order valence-corrected chi connectivity index (χ3v) is 5.01. The van der Waals surface area contributed by atoms with Gasteiger partial charge in [0, 0.05) is 5.69 Å². The highest BCUT2D eigenvalue weighted by Crippen LogP contribution is 2.20. The van der Waals surface area contributed by atoms with Gasteiger partial charge in [-0.15, -0.1) is 0 Å². The van der Waals surface area contributed by atoms with Crippen molar-refractivity contribution in [3.05, 3.63) is 88.4 Å². The molecule has 0 heterocycles. The molecule has 0 fully saturated rings. The number of hydrogen-bond acceptors (Lipinski definition) is 5. The van der Waals surface area contributed by atoms with Crippen molar-refractivity contribution >= 4 is 46.9 Å². The van der Waals surface area contributed by atoms with Gasteiger partial charge in [-0.1, -0.05) is 54.1 Å². The Morgan fingerprint density at radius 3 is 2.35 bits per heavy atom. The first-order valence-corrected chi connectivity index (χ1v) is 10.7. The number of carbonyl (C=O) groups is 3. The van der Waals surface area contributed by atoms with Gasteiger partial charge in [-0.2, -0.15) is 5.10 Å². The van der Waals surface area contributed by atoms with Crippen LogP contribution in [0, 0.1) is 13.8 Å². The largest absolute Gasteiger partial charge is 0.484 e. The lowest BCUT2D eigenvalue weighted by atomic mass is 10.1. The first-order chi connectivity index (χ1) is 16.3. The zero-order valence-electron chi connectivity index (χ0n) is 18.6. The molecule has 0 saturated carbocycles. The fourth-order valence-electron chi connectivity index (χ4n) is 2.98. The van der Waals surface area contributed by atoms with Crippen LogP contribution < -0.4 is 20.8 Å². The smallest absolute Gasteiger partial charge is 0.329 e. The van der Waals surface area contributed by atoms with E-state index in [1.165, 1.54) is 6.21 Å². The molecule has 0 atom stereocenters. The number of hydrazone groups is 1. The van der Waals surface area contributed by atoms with E-state index in [4.69, 9.17) is 16.3 Å². The fraction of sp³-hybridized carbons (Fsp3) is 0.120. The highest BCUT2D eigenvalue weighted by Gasteiger charge is 2.14. The molecule has 0 radical (unpaired) electrons. The van der Waals surface area contributed by atoms with Crippen LogP contribution >= 0.6 is 11.6 Å². The molecule has 0 aromatic heterocycles. The van der Waals surface area contributed by atoms with Crippen molar-refractivity contribution in [3.8, 4) is 5.75 Å². The summed E-state index contributed by atoms with van der Waals surface area (Å²) < 4.78 is 5.57. The number of para-hydroxylation sites is 2. The van der Waals surface area contributed by atoms with E-state index in [0.29, 0.717) is 22.0 Å². The average molecular weight is 479 g/mol. The van der Waals surface area contributed by atoms with Gasteiger partial charge in [0.25, 0.3) is 5.91 Å². The molecule has 3 aromatic rings. The Morgan fingerprint density at radius 1 is 0.912 bits per heavy atom. The standard InChI is InChI=1S/C25H23ClN4O4/c1-16-7-5-8-17(2)23(16)29-22(31)15-34-19-10-6-9-18(13-19)14-27-30-25(33)24(32)28-21-12-4-3-11-20(21)26/h3-14H,15H2,1-2H3,(H,28,32)(H,29,31)(H,30,33). The summed E-state index contributed by atoms with van der Waals surface area (Å²) in [6.07, 6.45) is 1.35. The van der Waals surface area contributed by atoms with E-state index in [1.54, 1.807) is 48.5 Å². The molecule has 174 valence electrons. The number of ether oxygens (including phenoxy) is 1. The molecule has 0 unspecified atom stereocenters. The summed E-state index contributed by atoms with van der Waals surface area (Å²) in [7, 11) is 0. The Balaban J connectivity index is 1.51. The van der Waals surface area contributed by atoms with Gasteiger partial charge in [-0.05, 0) is 54.8 Å². The number of hydrogen-bond donors (Lipinski definition) is 3. The second-order valence-corrected chi connectivity index (χ2v) is 7.72. The number of benzene rings is 3. The van der Waals surface area contributed by atoms with Crippen molar-refractivity contribution in [2.75, 3.05) is 17.2 Å². The Hall–Kier alpha value is -4.17. The van der Waals surface area contributed by atoms with Crippen molar-refractivity contribution in [3.63, 3.8) is 0 Å². The zero-order chi connectivity index (χ0) is 24.5. The summed E-state index contributed by atoms with van der Waals surface area (Å²) in [4.78, 5) is 36.2. The van der Waals surface area contributed by atoms with E-state index >= 15 is 0 Å². The molecule has 0 bridgehead atoms. The number of nitrogens with zero attached hydrogens (tertiary/aromatic N) is 1. The van der Waals surface area contributed by atoms with Gasteiger partial charge in [0.1, 0.15) is 5.75 Å². The van der Waals surface area contributed by atoms with Crippen LogP contribution in [0.15, 0.2) is 71.8 Å². The van der Waals surface area contributed by atoms with Crippen molar-refractivity contribution in [2.45, 2.75) is 13.8 Å². The number of anilines is 2. The Bertz CT molecular complexity index is 1220. The average Bonchev–Trinajstić information content (AvgIpc) is 2.82. The third kappa shape index (κ3) is 6.91. The molecular weight excluding hydrogens is 456 g/mol. The first-order valence-electron chi connectivity index (χ1n) is 10.3. The third-order valence-electron chi connectivity index (χ3n) is 4.68. The molecule has 3 amide bonds. The number of carbonyl (C=O) groups excluding carboxylic acids is 3. The van der Waals surface area contributed by atoms with Gasteiger partial charge in [0.05, 0.1) is 16.9 Å². The fourth-order valence-corrected chi connectivity index (χ4v) is 3.16. The predicted molar refractivity (Wildman–Crippen MR) is 132 cm³/mol. The second-order valence-electron chi connectivity index (χ2n) is 7.31. The van der Waals surface area contributed by atoms with Gasteiger partial charge >= 0.3 is 11.8 Å². The maximum absolute atomic E-state index is 12.3. The minimum atomic E-state index is -0.952. The molecule has 34 heavy (non-hydrogen) atoms. The molecule has 8 nitrogen and oxygen atoms in total. The minimum Gasteiger partial charge on any atom is -0.484 e. The molecule has 9 heteroatoms. The number of rotatable bonds is 7. The van der Waals surface area contributed by atoms with Crippen LogP contribution in [0.1, 0.15) is 16.7 Å². The van der Waals surface area contributed by atoms with Crippen LogP contribution in [0.5, 0.6) is 5.75 Å². The van der Waals surface area contributed by atoms with Crippen LogP contribution in [0.25, 0.3) is 0 Å². The minimum absolute atomic E-state index is 0.173. The van der Waals surface area contributed by atoms with Gasteiger partial charge in [-0.25, -0.2) is 5.43 Å². The monoisotopic (exact) mass is 478 g/mol. The normalized spacial score (nSPS) is 10.6. The molecule has 0 spiro atoms. The topological polar surface area (TPSA) is 109 Å². The number of aryl methyl sites for hydroxylation is 2. The summed E-state index contributed by atoms with van der Waals surface area (Å²) in [5.41, 5.74) is 5.77. The first kappa shape index (κ1) is 24.5. The maximum atomic E-state index is 12.3. The van der Waals surface area contributed by atoms with Crippen LogP contribution in [0.2, 0.25) is 5.02 Å². The van der Waals surface area contributed by atoms with Crippen molar-refractivity contribution in [1.82, 2.24) is 5.43 Å². The van der Waals surface area contributed by atoms with Crippen molar-refractivity contribution < 1.29 is 19.1 Å². The predicted octanol–water partition coefficient (Wildman–Crippen LogP) is 4.06. The SMILES string of the molecule is Cc1cccc(C)c1NC(=O)COc1cccc(C=NNC(=O)C(=O)Nc2ccccc2Cl)c1. The maximum Gasteiger partial charge on any atom is 0.329 e. The summed E-state index contributed by atoms with van der Waals surface area (Å²) >= 11 is 5.96. The lowest BCUT2D eigenvalue weighted by molar-refractivity contribution is -0.136. The summed E-state index contributed by atoms with van der Waals surface area (Å²) in [5, 5.41) is 9.36. The zero-order valence-corrected chi connectivity index (χ0v) is 19.3. The van der Waals surface area contributed by atoms with Crippen LogP contribution in [-0.4, -0.2) is 30.5 Å². The number of amides is 3. The Kier molecular flexibility index (Phi) is 8.37. The van der Waals surface area contributed by atoms with Crippen molar-refractivity contribution in [2.24, 2.45) is 5.10 Å². The molecule has 3 rings (SSSR count). The van der Waals surface area contributed by atoms with Crippen LogP contribution in [0.3, 0.4) is 0 Å². The van der Waals surface area contributed by atoms with Crippen LogP contribution in [-0.2, 0) is 14.4 Å². The number of nitrogens with one attached hydrogen (secondary N) is 3. The molecule has 0 aliphatic rings. The highest BCUT2D eigenvalue weighted by atomic mass is 35.5. The van der Waals surface area contributed by atoms with E-state index in [9.17, 15) is 14.4 Å². The Morgan fingerprint density at radius 2 is 1.62 bits per heavy atom. The van der Waals surface area contributed by atoms with E-state index in [0.717, 1.165) is 16.8 Å². The van der Waals surface area contributed by atoms with Crippen molar-refractivity contribution in [1.29, 1.82) is 0 Å². The van der Waals surface area contributed by atoms with Gasteiger partial charge in [0.2, 0.25) is 0 Å². The molecule has 0 saturated heterocycles. The lowest BCUT2D eigenvalue weighted by Gasteiger charge is -2.12. The summed E-state index contributed by atoms with van der Waals surface area (Å²) in [6.45, 7) is 3.67. The van der Waals surface area contributed by atoms with Crippen LogP contribution in [0.4, 0.5) is 11.4 Å². The Labute approximate surface area is 202 Å². The molecule has 3 aromatic carbocycles. The number of halogens is 1. The van der Waals surface area contributed by atoms with E-state index in [2.05, 4.69) is 21.2 Å². The van der Waals surface area contributed by atoms with Gasteiger partial charge in [0.15, 0.2) is 6.61 Å². The second kappa shape index (κ2) is 11.6. The molecule has 0 aliphatic carbocycles. The van der Waals surface area contributed by atoms with E-state index < -0.39 is 11.8 Å².